The summed E-state index contributed by atoms with van der Waals surface area (Å²) < 4.78 is 5.51. The number of hydrogen-bond acceptors (Lipinski definition) is 3. The topological polar surface area (TPSA) is 75.6 Å². The van der Waals surface area contributed by atoms with E-state index < -0.39 is 11.5 Å². The fraction of sp³-hybridized carbons (Fsp3) is 0.286. The van der Waals surface area contributed by atoms with Gasteiger partial charge in [-0.3, -0.25) is 4.79 Å². The van der Waals surface area contributed by atoms with Crippen molar-refractivity contribution in [1.82, 2.24) is 5.32 Å². The van der Waals surface area contributed by atoms with Gasteiger partial charge in [-0.05, 0) is 66.6 Å². The Labute approximate surface area is 194 Å². The van der Waals surface area contributed by atoms with Crippen molar-refractivity contribution < 1.29 is 19.4 Å². The van der Waals surface area contributed by atoms with Gasteiger partial charge in [0.2, 0.25) is 0 Å². The second-order valence-electron chi connectivity index (χ2n) is 8.83. The van der Waals surface area contributed by atoms with Gasteiger partial charge in [-0.25, -0.2) is 4.79 Å². The molecule has 0 aliphatic heterocycles. The first-order valence-corrected chi connectivity index (χ1v) is 11.3. The van der Waals surface area contributed by atoms with E-state index in [0.717, 1.165) is 41.7 Å². The van der Waals surface area contributed by atoms with Gasteiger partial charge in [-0.1, -0.05) is 54.1 Å². The normalized spacial score (nSPS) is 13.9. The fourth-order valence-corrected chi connectivity index (χ4v) is 4.66. The molecule has 3 aromatic carbocycles. The van der Waals surface area contributed by atoms with Gasteiger partial charge >= 0.3 is 5.97 Å². The summed E-state index contributed by atoms with van der Waals surface area (Å²) in [6.07, 6.45) is 3.17. The van der Waals surface area contributed by atoms with Crippen molar-refractivity contribution in [2.45, 2.75) is 44.6 Å². The smallest absolute Gasteiger partial charge is 0.330 e. The summed E-state index contributed by atoms with van der Waals surface area (Å²) >= 11 is 0. The van der Waals surface area contributed by atoms with Crippen molar-refractivity contribution in [2.24, 2.45) is 0 Å². The van der Waals surface area contributed by atoms with Crippen LogP contribution in [0.2, 0.25) is 0 Å². The molecule has 33 heavy (non-hydrogen) atoms. The van der Waals surface area contributed by atoms with E-state index >= 15 is 0 Å². The Balaban J connectivity index is 1.49. The standard InChI is InChI=1S/C28H29NO4/c1-19-7-5-8-20(15-19)9-6-12-21-16-22(13-14-25(21)33-2)26(30)29-28(27(31)32)17-23-10-3-4-11-24(23)18-28/h3-5,7-8,10-11,13-16H,6,9,12,17-18H2,1-2H3,(H,29,30)(H,31,32). The zero-order chi connectivity index (χ0) is 23.4. The summed E-state index contributed by atoms with van der Waals surface area (Å²) in [6, 6.07) is 21.4. The molecule has 0 saturated heterocycles. The van der Waals surface area contributed by atoms with E-state index in [1.165, 1.54) is 11.1 Å². The molecule has 0 heterocycles. The first-order chi connectivity index (χ1) is 15.9. The number of carboxylic acids is 1. The van der Waals surface area contributed by atoms with E-state index in [-0.39, 0.29) is 18.7 Å². The number of aliphatic carboxylic acids is 1. The van der Waals surface area contributed by atoms with Crippen LogP contribution in [0.15, 0.2) is 66.7 Å². The van der Waals surface area contributed by atoms with Crippen LogP contribution in [0.4, 0.5) is 0 Å². The number of fused-ring (bicyclic) bond motifs is 1. The monoisotopic (exact) mass is 443 g/mol. The molecule has 0 spiro atoms. The Kier molecular flexibility index (Phi) is 6.50. The van der Waals surface area contributed by atoms with E-state index in [4.69, 9.17) is 4.74 Å². The molecule has 0 saturated carbocycles. The number of ether oxygens (including phenoxy) is 1. The Morgan fingerprint density at radius 1 is 0.970 bits per heavy atom. The van der Waals surface area contributed by atoms with E-state index in [1.807, 2.05) is 30.3 Å². The molecule has 1 aliphatic rings. The lowest BCUT2D eigenvalue weighted by Gasteiger charge is -2.25. The second-order valence-corrected chi connectivity index (χ2v) is 8.83. The van der Waals surface area contributed by atoms with Crippen LogP contribution in [0.1, 0.15) is 44.6 Å². The molecule has 0 fully saturated rings. The molecule has 0 atom stereocenters. The number of hydrogen-bond donors (Lipinski definition) is 2. The summed E-state index contributed by atoms with van der Waals surface area (Å²) in [7, 11) is 1.62. The minimum atomic E-state index is -1.33. The lowest BCUT2D eigenvalue weighted by molar-refractivity contribution is -0.144. The first kappa shape index (κ1) is 22.6. The molecule has 0 unspecified atom stereocenters. The highest BCUT2D eigenvalue weighted by atomic mass is 16.5. The SMILES string of the molecule is COc1ccc(C(=O)NC2(C(=O)O)Cc3ccccc3C2)cc1CCCc1cccc(C)c1. The van der Waals surface area contributed by atoms with Gasteiger partial charge in [0.25, 0.3) is 5.91 Å². The molecular formula is C28H29NO4. The number of aryl methyl sites for hydroxylation is 3. The van der Waals surface area contributed by atoms with Gasteiger partial charge in [-0.2, -0.15) is 0 Å². The molecule has 5 heteroatoms. The van der Waals surface area contributed by atoms with E-state index in [9.17, 15) is 14.7 Å². The van der Waals surface area contributed by atoms with Crippen LogP contribution >= 0.6 is 0 Å². The van der Waals surface area contributed by atoms with E-state index in [0.29, 0.717) is 5.56 Å². The van der Waals surface area contributed by atoms with Crippen LogP contribution in [-0.2, 0) is 30.5 Å². The van der Waals surface area contributed by atoms with Gasteiger partial charge in [0.1, 0.15) is 11.3 Å². The molecule has 4 rings (SSSR count). The van der Waals surface area contributed by atoms with E-state index in [2.05, 4.69) is 36.5 Å². The number of amides is 1. The lowest BCUT2D eigenvalue weighted by atomic mass is 9.94. The summed E-state index contributed by atoms with van der Waals surface area (Å²) in [5.74, 6) is -0.663. The maximum atomic E-state index is 13.1. The number of nitrogens with one attached hydrogen (secondary N) is 1. The van der Waals surface area contributed by atoms with Crippen molar-refractivity contribution >= 4 is 11.9 Å². The minimum absolute atomic E-state index is 0.281. The van der Waals surface area contributed by atoms with Gasteiger partial charge in [-0.15, -0.1) is 0 Å². The highest BCUT2D eigenvalue weighted by Crippen LogP contribution is 2.31. The van der Waals surface area contributed by atoms with Crippen LogP contribution in [0, 0.1) is 6.92 Å². The zero-order valence-corrected chi connectivity index (χ0v) is 19.1. The molecule has 170 valence electrons. The first-order valence-electron chi connectivity index (χ1n) is 11.3. The molecular weight excluding hydrogens is 414 g/mol. The van der Waals surface area contributed by atoms with Crippen LogP contribution in [0.5, 0.6) is 5.75 Å². The molecule has 1 amide bonds. The predicted molar refractivity (Wildman–Crippen MR) is 128 cm³/mol. The van der Waals surface area contributed by atoms with Gasteiger partial charge < -0.3 is 15.2 Å². The molecule has 0 radical (unpaired) electrons. The Bertz CT molecular complexity index is 1160. The van der Waals surface area contributed by atoms with Crippen molar-refractivity contribution in [3.8, 4) is 5.75 Å². The van der Waals surface area contributed by atoms with Gasteiger partial charge in [0.15, 0.2) is 0 Å². The number of methoxy groups -OCH3 is 1. The molecule has 5 nitrogen and oxygen atoms in total. The third kappa shape index (κ3) is 4.92. The van der Waals surface area contributed by atoms with Crippen molar-refractivity contribution in [1.29, 1.82) is 0 Å². The number of carboxylic acid groups (broad SMARTS) is 1. The molecule has 2 N–H and O–H groups in total. The quantitative estimate of drug-likeness (QED) is 0.536. The summed E-state index contributed by atoms with van der Waals surface area (Å²) in [6.45, 7) is 2.08. The maximum absolute atomic E-state index is 13.1. The van der Waals surface area contributed by atoms with Crippen LogP contribution < -0.4 is 10.1 Å². The average molecular weight is 444 g/mol. The number of rotatable bonds is 8. The third-order valence-corrected chi connectivity index (χ3v) is 6.40. The Morgan fingerprint density at radius 2 is 1.70 bits per heavy atom. The van der Waals surface area contributed by atoms with Crippen molar-refractivity contribution in [2.75, 3.05) is 7.11 Å². The molecule has 3 aromatic rings. The second kappa shape index (κ2) is 9.49. The third-order valence-electron chi connectivity index (χ3n) is 6.40. The lowest BCUT2D eigenvalue weighted by Crippen LogP contribution is -2.55. The number of carbonyl (C=O) groups excluding carboxylic acids is 1. The predicted octanol–water partition coefficient (Wildman–Crippen LogP) is 4.53. The summed E-state index contributed by atoms with van der Waals surface area (Å²) in [4.78, 5) is 25.3. The highest BCUT2D eigenvalue weighted by Gasteiger charge is 2.45. The summed E-state index contributed by atoms with van der Waals surface area (Å²) in [5, 5.41) is 12.8. The van der Waals surface area contributed by atoms with E-state index in [1.54, 1.807) is 19.2 Å². The Morgan fingerprint density at radius 3 is 2.33 bits per heavy atom. The van der Waals surface area contributed by atoms with Crippen LogP contribution in [0.3, 0.4) is 0 Å². The number of carbonyl (C=O) groups is 2. The maximum Gasteiger partial charge on any atom is 0.330 e. The highest BCUT2D eigenvalue weighted by molar-refractivity contribution is 5.98. The number of benzene rings is 3. The van der Waals surface area contributed by atoms with Gasteiger partial charge in [0.05, 0.1) is 7.11 Å². The largest absolute Gasteiger partial charge is 0.496 e. The van der Waals surface area contributed by atoms with Crippen LogP contribution in [-0.4, -0.2) is 29.6 Å². The summed E-state index contributed by atoms with van der Waals surface area (Å²) in [5.41, 5.74) is 4.51. The average Bonchev–Trinajstić information content (AvgIpc) is 3.18. The van der Waals surface area contributed by atoms with Crippen molar-refractivity contribution in [3.63, 3.8) is 0 Å². The molecule has 0 bridgehead atoms. The fourth-order valence-electron chi connectivity index (χ4n) is 4.66. The Hall–Kier alpha value is -3.60. The van der Waals surface area contributed by atoms with Crippen molar-refractivity contribution in [3.05, 3.63) is 100 Å². The van der Waals surface area contributed by atoms with Crippen LogP contribution in [0.25, 0.3) is 0 Å². The molecule has 0 aromatic heterocycles. The molecule has 1 aliphatic carbocycles. The van der Waals surface area contributed by atoms with Gasteiger partial charge in [0, 0.05) is 18.4 Å². The zero-order valence-electron chi connectivity index (χ0n) is 19.1. The minimum Gasteiger partial charge on any atom is -0.496 e.